The van der Waals surface area contributed by atoms with E-state index < -0.39 is 7.26 Å². The van der Waals surface area contributed by atoms with E-state index >= 15 is 0 Å². The average Bonchev–Trinajstić information content (AvgIpc) is 3.16. The van der Waals surface area contributed by atoms with Crippen LogP contribution in [0.15, 0.2) is 30.6 Å². The minimum absolute atomic E-state index is 0.562. The lowest BCUT2D eigenvalue weighted by atomic mass is 10.3. The molecule has 0 spiro atoms. The van der Waals surface area contributed by atoms with Gasteiger partial charge >= 0.3 is 0 Å². The van der Waals surface area contributed by atoms with E-state index in [1.165, 1.54) is 51.4 Å². The smallest absolute Gasteiger partial charge is 0.0594 e. The summed E-state index contributed by atoms with van der Waals surface area (Å²) in [6.07, 6.45) is 19.5. The van der Waals surface area contributed by atoms with Gasteiger partial charge in [-0.1, -0.05) is 84.0 Å². The predicted molar refractivity (Wildman–Crippen MR) is 121 cm³/mol. The number of aromatic nitrogens is 2. The number of hydrogen-bond donors (Lipinski definition) is 0. The standard InChI is InChI=1S/C16H36P.C7H5N2/c1-5-9-13-17(14-10-6-2,15-11-7-3)16-12-8-4;1-2-4-7-6(3-1)8-5-9-7/h5-16H2,1-4H3;1-5H/q+1;-1. The second-order valence-corrected chi connectivity index (χ2v) is 12.0. The van der Waals surface area contributed by atoms with Crippen molar-refractivity contribution in [1.29, 1.82) is 0 Å². The Morgan fingerprint density at radius 2 is 1.19 bits per heavy atom. The van der Waals surface area contributed by atoms with Crippen molar-refractivity contribution in [2.24, 2.45) is 0 Å². The minimum atomic E-state index is -0.562. The molecule has 1 heterocycles. The van der Waals surface area contributed by atoms with Crippen molar-refractivity contribution in [3.63, 3.8) is 0 Å². The van der Waals surface area contributed by atoms with Crippen LogP contribution in [0.3, 0.4) is 0 Å². The highest BCUT2D eigenvalue weighted by Gasteiger charge is 2.34. The van der Waals surface area contributed by atoms with E-state index in [2.05, 4.69) is 37.7 Å². The van der Waals surface area contributed by atoms with Crippen LogP contribution in [-0.2, 0) is 0 Å². The molecule has 0 radical (unpaired) electrons. The summed E-state index contributed by atoms with van der Waals surface area (Å²) in [7, 11) is -0.562. The first-order chi connectivity index (χ1) is 12.7. The largest absolute Gasteiger partial charge is 0.443 e. The van der Waals surface area contributed by atoms with E-state index in [0.717, 1.165) is 11.0 Å². The van der Waals surface area contributed by atoms with Crippen molar-refractivity contribution in [2.45, 2.75) is 79.1 Å². The summed E-state index contributed by atoms with van der Waals surface area (Å²) < 4.78 is 0. The maximum atomic E-state index is 4.01. The van der Waals surface area contributed by atoms with Crippen molar-refractivity contribution in [3.8, 4) is 0 Å². The van der Waals surface area contributed by atoms with Crippen LogP contribution in [0.1, 0.15) is 79.1 Å². The van der Waals surface area contributed by atoms with Gasteiger partial charge in [-0.05, 0) is 36.7 Å². The fourth-order valence-electron chi connectivity index (χ4n) is 3.48. The van der Waals surface area contributed by atoms with Crippen molar-refractivity contribution in [1.82, 2.24) is 9.97 Å². The first-order valence-electron chi connectivity index (χ1n) is 10.9. The van der Waals surface area contributed by atoms with Crippen LogP contribution in [0, 0.1) is 0 Å². The Bertz CT molecular complexity index is 496. The van der Waals surface area contributed by atoms with E-state index in [1.807, 2.05) is 24.3 Å². The van der Waals surface area contributed by atoms with Gasteiger partial charge in [-0.2, -0.15) is 0 Å². The molecule has 0 amide bonds. The lowest BCUT2D eigenvalue weighted by molar-refractivity contribution is 0.814. The molecule has 148 valence electrons. The van der Waals surface area contributed by atoms with Crippen LogP contribution >= 0.6 is 7.26 Å². The van der Waals surface area contributed by atoms with Gasteiger partial charge in [0.1, 0.15) is 0 Å². The van der Waals surface area contributed by atoms with Gasteiger partial charge in [-0.25, -0.2) is 0 Å². The van der Waals surface area contributed by atoms with Gasteiger partial charge in [0, 0.05) is 7.26 Å². The summed E-state index contributed by atoms with van der Waals surface area (Å²) in [5.41, 5.74) is 1.94. The predicted octanol–water partition coefficient (Wildman–Crippen LogP) is 7.40. The van der Waals surface area contributed by atoms with Crippen molar-refractivity contribution >= 4 is 18.3 Å². The Labute approximate surface area is 162 Å². The summed E-state index contributed by atoms with van der Waals surface area (Å²) in [4.78, 5) is 8.02. The maximum Gasteiger partial charge on any atom is 0.0594 e. The molecule has 0 N–H and O–H groups in total. The lowest BCUT2D eigenvalue weighted by Crippen LogP contribution is -2.12. The number of imidazole rings is 1. The van der Waals surface area contributed by atoms with E-state index in [0.29, 0.717) is 0 Å². The van der Waals surface area contributed by atoms with Crippen LogP contribution in [0.5, 0.6) is 0 Å². The third kappa shape index (κ3) is 8.67. The van der Waals surface area contributed by atoms with Crippen LogP contribution in [0.4, 0.5) is 0 Å². The van der Waals surface area contributed by atoms with Gasteiger partial charge in [-0.15, -0.1) is 0 Å². The highest BCUT2D eigenvalue weighted by molar-refractivity contribution is 7.75. The molecule has 0 unspecified atom stereocenters. The van der Waals surface area contributed by atoms with Crippen LogP contribution < -0.4 is 4.98 Å². The Morgan fingerprint density at radius 3 is 1.62 bits per heavy atom. The molecule has 0 aliphatic rings. The van der Waals surface area contributed by atoms with Crippen molar-refractivity contribution in [3.05, 3.63) is 30.6 Å². The fraction of sp³-hybridized carbons (Fsp3) is 0.696. The third-order valence-electron chi connectivity index (χ3n) is 5.22. The molecule has 3 heteroatoms. The van der Waals surface area contributed by atoms with Gasteiger partial charge in [0.2, 0.25) is 0 Å². The Morgan fingerprint density at radius 1 is 0.731 bits per heavy atom. The second kappa shape index (κ2) is 14.2. The van der Waals surface area contributed by atoms with E-state index in [1.54, 1.807) is 31.0 Å². The molecule has 2 rings (SSSR count). The zero-order chi connectivity index (χ0) is 19.1. The molecule has 0 atom stereocenters. The molecule has 2 nitrogen and oxygen atoms in total. The lowest BCUT2D eigenvalue weighted by Gasteiger charge is -2.28. The average molecular weight is 377 g/mol. The molecule has 2 aromatic rings. The number of nitrogens with zero attached hydrogens (tertiary/aromatic N) is 2. The quantitative estimate of drug-likeness (QED) is 0.361. The van der Waals surface area contributed by atoms with Gasteiger partial charge in [-0.3, -0.25) is 0 Å². The summed E-state index contributed by atoms with van der Waals surface area (Å²) in [5.74, 6) is 0. The van der Waals surface area contributed by atoms with Crippen LogP contribution in [0.25, 0.3) is 11.0 Å². The van der Waals surface area contributed by atoms with Gasteiger partial charge in [0.05, 0.1) is 24.6 Å². The molecule has 0 aliphatic carbocycles. The fourth-order valence-corrected chi connectivity index (χ4v) is 8.77. The molecular formula is C23H41N2P. The van der Waals surface area contributed by atoms with Gasteiger partial charge < -0.3 is 9.97 Å². The van der Waals surface area contributed by atoms with Gasteiger partial charge in [0.15, 0.2) is 0 Å². The normalized spacial score (nSPS) is 11.4. The van der Waals surface area contributed by atoms with Crippen LogP contribution in [-0.4, -0.2) is 29.6 Å². The summed E-state index contributed by atoms with van der Waals surface area (Å²) in [5, 5.41) is 0. The number of benzene rings is 1. The number of para-hydroxylation sites is 2. The zero-order valence-corrected chi connectivity index (χ0v) is 18.6. The minimum Gasteiger partial charge on any atom is -0.443 e. The molecule has 1 aromatic heterocycles. The molecule has 0 bridgehead atoms. The van der Waals surface area contributed by atoms with Crippen LogP contribution in [0.2, 0.25) is 0 Å². The zero-order valence-electron chi connectivity index (χ0n) is 17.7. The monoisotopic (exact) mass is 376 g/mol. The Hall–Kier alpha value is -0.880. The highest BCUT2D eigenvalue weighted by Crippen LogP contribution is 2.61. The number of rotatable bonds is 12. The second-order valence-electron chi connectivity index (χ2n) is 7.51. The molecule has 1 aromatic carbocycles. The van der Waals surface area contributed by atoms with E-state index in [-0.39, 0.29) is 0 Å². The summed E-state index contributed by atoms with van der Waals surface area (Å²) in [6, 6.07) is 7.80. The Balaban J connectivity index is 0.000000308. The number of hydrogen-bond acceptors (Lipinski definition) is 1. The molecular weight excluding hydrogens is 335 g/mol. The molecule has 26 heavy (non-hydrogen) atoms. The summed E-state index contributed by atoms with van der Waals surface area (Å²) in [6.45, 7) is 9.42. The first kappa shape index (κ1) is 23.2. The number of unbranched alkanes of at least 4 members (excludes halogenated alkanes) is 4. The van der Waals surface area contributed by atoms with E-state index in [9.17, 15) is 0 Å². The van der Waals surface area contributed by atoms with Crippen molar-refractivity contribution < 1.29 is 0 Å². The third-order valence-corrected chi connectivity index (χ3v) is 10.3. The first-order valence-corrected chi connectivity index (χ1v) is 13.4. The van der Waals surface area contributed by atoms with E-state index in [4.69, 9.17) is 0 Å². The topological polar surface area (TPSA) is 27.0 Å². The molecule has 0 aliphatic heterocycles. The molecule has 0 saturated heterocycles. The molecule has 0 fully saturated rings. The summed E-state index contributed by atoms with van der Waals surface area (Å²) >= 11 is 0. The maximum absolute atomic E-state index is 4.01. The molecule has 0 saturated carbocycles. The van der Waals surface area contributed by atoms with Gasteiger partial charge in [0.25, 0.3) is 0 Å². The highest BCUT2D eigenvalue weighted by atomic mass is 31.2. The Kier molecular flexibility index (Phi) is 12.7. The van der Waals surface area contributed by atoms with Crippen molar-refractivity contribution in [2.75, 3.05) is 24.6 Å². The SMILES string of the molecule is CCCC[P+](CCCC)(CCCC)CCCC.c1ccc2[n-]cnc2c1. The number of fused-ring (bicyclic) bond motifs is 1.